The normalized spacial score (nSPS) is 27.0. The zero-order valence-corrected chi connectivity index (χ0v) is 12.1. The van der Waals surface area contributed by atoms with Crippen molar-refractivity contribution in [2.75, 3.05) is 5.75 Å². The second kappa shape index (κ2) is 5.25. The minimum atomic E-state index is 0.287. The maximum Gasteiger partial charge on any atom is 0.232 e. The lowest BCUT2D eigenvalue weighted by Crippen LogP contribution is -2.28. The Labute approximate surface area is 117 Å². The van der Waals surface area contributed by atoms with Crippen LogP contribution in [0.25, 0.3) is 0 Å². The van der Waals surface area contributed by atoms with Gasteiger partial charge in [-0.1, -0.05) is 13.3 Å². The molecule has 0 N–H and O–H groups in total. The number of thioether (sulfide) groups is 1. The Morgan fingerprint density at radius 1 is 1.28 bits per heavy atom. The molecule has 1 fully saturated rings. The first-order valence-electron chi connectivity index (χ1n) is 6.60. The lowest BCUT2D eigenvalue weighted by Gasteiger charge is -2.29. The molecular formula is C13H17ClN2OS. The van der Waals surface area contributed by atoms with Crippen LogP contribution in [0.1, 0.15) is 38.3 Å². The van der Waals surface area contributed by atoms with Crippen molar-refractivity contribution in [2.45, 2.75) is 50.0 Å². The van der Waals surface area contributed by atoms with Crippen LogP contribution in [0, 0.1) is 5.92 Å². The predicted octanol–water partition coefficient (Wildman–Crippen LogP) is 3.74. The molecule has 0 amide bonds. The van der Waals surface area contributed by atoms with Gasteiger partial charge < -0.3 is 4.74 Å². The number of halogens is 1. The van der Waals surface area contributed by atoms with Crippen LogP contribution in [0.15, 0.2) is 4.90 Å². The molecule has 1 aliphatic carbocycles. The van der Waals surface area contributed by atoms with Gasteiger partial charge in [0.2, 0.25) is 11.2 Å². The van der Waals surface area contributed by atoms with Gasteiger partial charge in [0.05, 0.1) is 10.6 Å². The van der Waals surface area contributed by atoms with Gasteiger partial charge in [0.15, 0.2) is 0 Å². The molecule has 2 unspecified atom stereocenters. The molecule has 0 saturated heterocycles. The highest BCUT2D eigenvalue weighted by Crippen LogP contribution is 2.39. The van der Waals surface area contributed by atoms with Gasteiger partial charge in [-0.15, -0.1) is 11.8 Å². The van der Waals surface area contributed by atoms with Gasteiger partial charge in [0.25, 0.3) is 0 Å². The quantitative estimate of drug-likeness (QED) is 0.775. The van der Waals surface area contributed by atoms with E-state index in [2.05, 4.69) is 16.9 Å². The molecule has 2 heterocycles. The number of hydrogen-bond donors (Lipinski definition) is 0. The number of ether oxygens (including phenoxy) is 1. The fourth-order valence-corrected chi connectivity index (χ4v) is 3.90. The van der Waals surface area contributed by atoms with Crippen LogP contribution in [0.3, 0.4) is 0 Å². The molecule has 1 aromatic rings. The Hall–Kier alpha value is -0.480. The molecule has 5 heteroatoms. The zero-order chi connectivity index (χ0) is 12.5. The summed E-state index contributed by atoms with van der Waals surface area (Å²) in [5, 5.41) is 0.315. The number of rotatable bonds is 2. The van der Waals surface area contributed by atoms with Crippen molar-refractivity contribution in [1.29, 1.82) is 0 Å². The third-order valence-corrected chi connectivity index (χ3v) is 5.03. The van der Waals surface area contributed by atoms with E-state index < -0.39 is 0 Å². The molecule has 0 radical (unpaired) electrons. The summed E-state index contributed by atoms with van der Waals surface area (Å²) in [7, 11) is 0. The Morgan fingerprint density at radius 2 is 2.11 bits per heavy atom. The van der Waals surface area contributed by atoms with Gasteiger partial charge in [-0.25, -0.2) is 4.98 Å². The van der Waals surface area contributed by atoms with Gasteiger partial charge in [0.1, 0.15) is 6.10 Å². The fourth-order valence-electron chi connectivity index (χ4n) is 2.69. The van der Waals surface area contributed by atoms with E-state index in [-0.39, 0.29) is 6.10 Å². The highest BCUT2D eigenvalue weighted by Gasteiger charge is 2.27. The highest BCUT2D eigenvalue weighted by molar-refractivity contribution is 7.99. The van der Waals surface area contributed by atoms with Crippen LogP contribution in [-0.4, -0.2) is 21.8 Å². The number of nitrogens with zero attached hydrogens (tertiary/aromatic N) is 2. The Bertz CT molecular complexity index is 455. The van der Waals surface area contributed by atoms with Gasteiger partial charge in [0, 0.05) is 12.2 Å². The molecule has 2 atom stereocenters. The second-order valence-corrected chi connectivity index (χ2v) is 6.53. The summed E-state index contributed by atoms with van der Waals surface area (Å²) < 4.78 is 6.13. The van der Waals surface area contributed by atoms with Gasteiger partial charge in [-0.2, -0.15) is 4.98 Å². The number of hydrogen-bond acceptors (Lipinski definition) is 4. The van der Waals surface area contributed by atoms with Crippen LogP contribution in [0.4, 0.5) is 0 Å². The minimum absolute atomic E-state index is 0.287. The lowest BCUT2D eigenvalue weighted by molar-refractivity contribution is 0.0941. The number of aryl methyl sites for hydroxylation is 1. The highest BCUT2D eigenvalue weighted by atomic mass is 35.5. The van der Waals surface area contributed by atoms with Crippen molar-refractivity contribution in [3.8, 4) is 5.88 Å². The SMILES string of the molecule is CC1CCCCC1Oc1nc(Cl)nc2c1SCC2. The molecule has 1 aromatic heterocycles. The smallest absolute Gasteiger partial charge is 0.232 e. The summed E-state index contributed by atoms with van der Waals surface area (Å²) in [5.41, 5.74) is 1.05. The largest absolute Gasteiger partial charge is 0.473 e. The van der Waals surface area contributed by atoms with Crippen LogP contribution >= 0.6 is 23.4 Å². The zero-order valence-electron chi connectivity index (χ0n) is 10.5. The van der Waals surface area contributed by atoms with Crippen molar-refractivity contribution in [2.24, 2.45) is 5.92 Å². The second-order valence-electron chi connectivity index (χ2n) is 5.09. The van der Waals surface area contributed by atoms with Gasteiger partial charge >= 0.3 is 0 Å². The summed E-state index contributed by atoms with van der Waals surface area (Å²) in [6, 6.07) is 0. The van der Waals surface area contributed by atoms with Crippen molar-refractivity contribution in [3.05, 3.63) is 11.0 Å². The Morgan fingerprint density at radius 3 is 2.94 bits per heavy atom. The van der Waals surface area contributed by atoms with E-state index >= 15 is 0 Å². The molecule has 3 rings (SSSR count). The molecule has 1 aliphatic heterocycles. The number of fused-ring (bicyclic) bond motifs is 1. The summed E-state index contributed by atoms with van der Waals surface area (Å²) in [4.78, 5) is 9.67. The maximum atomic E-state index is 6.13. The summed E-state index contributed by atoms with van der Waals surface area (Å²) in [6.45, 7) is 2.26. The van der Waals surface area contributed by atoms with E-state index in [4.69, 9.17) is 16.3 Å². The molecule has 1 saturated carbocycles. The monoisotopic (exact) mass is 284 g/mol. The average Bonchev–Trinajstić information content (AvgIpc) is 2.80. The van der Waals surface area contributed by atoms with E-state index in [9.17, 15) is 0 Å². The van der Waals surface area contributed by atoms with Gasteiger partial charge in [-0.05, 0) is 36.8 Å². The topological polar surface area (TPSA) is 35.0 Å². The summed E-state index contributed by atoms with van der Waals surface area (Å²) in [6.07, 6.45) is 6.21. The molecule has 0 spiro atoms. The van der Waals surface area contributed by atoms with Crippen LogP contribution in [-0.2, 0) is 6.42 Å². The van der Waals surface area contributed by atoms with Gasteiger partial charge in [-0.3, -0.25) is 0 Å². The minimum Gasteiger partial charge on any atom is -0.473 e. The van der Waals surface area contributed by atoms with E-state index in [0.29, 0.717) is 17.1 Å². The van der Waals surface area contributed by atoms with Crippen molar-refractivity contribution >= 4 is 23.4 Å². The van der Waals surface area contributed by atoms with E-state index in [1.165, 1.54) is 19.3 Å². The first kappa shape index (κ1) is 12.5. The Balaban J connectivity index is 1.84. The predicted molar refractivity (Wildman–Crippen MR) is 73.5 cm³/mol. The van der Waals surface area contributed by atoms with E-state index in [1.807, 2.05) is 0 Å². The third-order valence-electron chi connectivity index (χ3n) is 3.76. The maximum absolute atomic E-state index is 6.13. The van der Waals surface area contributed by atoms with Crippen LogP contribution in [0.5, 0.6) is 5.88 Å². The molecule has 3 nitrogen and oxygen atoms in total. The molecule has 18 heavy (non-hydrogen) atoms. The van der Waals surface area contributed by atoms with Crippen LogP contribution < -0.4 is 4.74 Å². The molecule has 0 aromatic carbocycles. The fraction of sp³-hybridized carbons (Fsp3) is 0.692. The van der Waals surface area contributed by atoms with E-state index in [0.717, 1.165) is 29.2 Å². The van der Waals surface area contributed by atoms with Crippen molar-refractivity contribution < 1.29 is 4.74 Å². The molecule has 2 aliphatic rings. The lowest BCUT2D eigenvalue weighted by atomic mass is 9.88. The first-order chi connectivity index (χ1) is 8.74. The molecule has 0 bridgehead atoms. The summed E-state index contributed by atoms with van der Waals surface area (Å²) in [5.74, 6) is 2.38. The molecular weight excluding hydrogens is 268 g/mol. The Kier molecular flexibility index (Phi) is 3.66. The van der Waals surface area contributed by atoms with Crippen molar-refractivity contribution in [1.82, 2.24) is 9.97 Å². The summed E-state index contributed by atoms with van der Waals surface area (Å²) >= 11 is 7.76. The number of aromatic nitrogens is 2. The van der Waals surface area contributed by atoms with Crippen LogP contribution in [0.2, 0.25) is 5.28 Å². The standard InChI is InChI=1S/C13H17ClN2OS/c1-8-4-2-3-5-10(8)17-12-11-9(6-7-18-11)15-13(14)16-12/h8,10H,2-7H2,1H3. The van der Waals surface area contributed by atoms with Crippen molar-refractivity contribution in [3.63, 3.8) is 0 Å². The first-order valence-corrected chi connectivity index (χ1v) is 7.96. The third kappa shape index (κ3) is 2.45. The molecule has 98 valence electrons. The average molecular weight is 285 g/mol. The van der Waals surface area contributed by atoms with E-state index in [1.54, 1.807) is 11.8 Å².